The van der Waals surface area contributed by atoms with E-state index < -0.39 is 0 Å². The Morgan fingerprint density at radius 2 is 1.85 bits per heavy atom. The molecule has 0 bridgehead atoms. The number of methoxy groups -OCH3 is 2. The van der Waals surface area contributed by atoms with Gasteiger partial charge in [-0.05, 0) is 18.9 Å². The summed E-state index contributed by atoms with van der Waals surface area (Å²) in [5, 5.41) is 2.86. The van der Waals surface area contributed by atoms with Crippen LogP contribution in [0.25, 0.3) is 11.2 Å². The number of anilines is 3. The minimum atomic E-state index is -0.330. The van der Waals surface area contributed by atoms with Crippen molar-refractivity contribution in [3.63, 3.8) is 0 Å². The maximum Gasteiger partial charge on any atom is 0.300 e. The number of morpholine rings is 1. The summed E-state index contributed by atoms with van der Waals surface area (Å²) in [6, 6.07) is 7.40. The topological polar surface area (TPSA) is 115 Å². The number of hydrogen-bond acceptors (Lipinski definition) is 10. The predicted molar refractivity (Wildman–Crippen MR) is 126 cm³/mol. The van der Waals surface area contributed by atoms with E-state index in [1.807, 2.05) is 4.90 Å². The smallest absolute Gasteiger partial charge is 0.300 e. The summed E-state index contributed by atoms with van der Waals surface area (Å²) in [5.74, 6) is 1.05. The normalized spacial score (nSPS) is 17.2. The molecule has 0 aromatic carbocycles. The SMILES string of the molecule is COc1cccc(NC(=O)c2cc3oc(N4CCOCC4)nc3nc2N2CCC(OC)CC2)n1. The first-order chi connectivity index (χ1) is 16.6. The predicted octanol–water partition coefficient (Wildman–Crippen LogP) is 2.33. The fourth-order valence-electron chi connectivity index (χ4n) is 4.23. The van der Waals surface area contributed by atoms with Crippen LogP contribution in [0.3, 0.4) is 0 Å². The summed E-state index contributed by atoms with van der Waals surface area (Å²) < 4.78 is 22.1. The van der Waals surface area contributed by atoms with Crippen LogP contribution in [0.15, 0.2) is 28.7 Å². The number of nitrogens with one attached hydrogen (secondary N) is 1. The lowest BCUT2D eigenvalue weighted by atomic mass is 10.1. The second-order valence-electron chi connectivity index (χ2n) is 8.22. The van der Waals surface area contributed by atoms with Gasteiger partial charge in [0.05, 0.1) is 32.0 Å². The zero-order valence-electron chi connectivity index (χ0n) is 19.3. The first-order valence-electron chi connectivity index (χ1n) is 11.4. The Morgan fingerprint density at radius 1 is 1.06 bits per heavy atom. The molecular weight excluding hydrogens is 440 g/mol. The number of aromatic nitrogens is 3. The molecule has 1 N–H and O–H groups in total. The van der Waals surface area contributed by atoms with E-state index >= 15 is 0 Å². The Morgan fingerprint density at radius 3 is 2.59 bits per heavy atom. The zero-order valence-corrected chi connectivity index (χ0v) is 19.3. The second kappa shape index (κ2) is 9.82. The van der Waals surface area contributed by atoms with Gasteiger partial charge in [-0.15, -0.1) is 0 Å². The molecule has 3 aromatic rings. The highest BCUT2D eigenvalue weighted by molar-refractivity contribution is 6.08. The number of nitrogens with zero attached hydrogens (tertiary/aromatic N) is 5. The summed E-state index contributed by atoms with van der Waals surface area (Å²) in [4.78, 5) is 31.2. The van der Waals surface area contributed by atoms with E-state index in [1.54, 1.807) is 31.4 Å². The number of pyridine rings is 2. The van der Waals surface area contributed by atoms with E-state index in [-0.39, 0.29) is 12.0 Å². The van der Waals surface area contributed by atoms with Crippen LogP contribution >= 0.6 is 0 Å². The minimum absolute atomic E-state index is 0.207. The number of oxazole rings is 1. The van der Waals surface area contributed by atoms with Gasteiger partial charge in [-0.1, -0.05) is 6.07 Å². The van der Waals surface area contributed by atoms with Gasteiger partial charge in [0.15, 0.2) is 5.58 Å². The van der Waals surface area contributed by atoms with Crippen molar-refractivity contribution in [1.29, 1.82) is 0 Å². The average molecular weight is 469 g/mol. The van der Waals surface area contributed by atoms with Crippen LogP contribution in [0.1, 0.15) is 23.2 Å². The highest BCUT2D eigenvalue weighted by atomic mass is 16.5. The zero-order chi connectivity index (χ0) is 23.5. The summed E-state index contributed by atoms with van der Waals surface area (Å²) in [6.45, 7) is 4.07. The van der Waals surface area contributed by atoms with Crippen LogP contribution < -0.4 is 19.9 Å². The van der Waals surface area contributed by atoms with Gasteiger partial charge >= 0.3 is 0 Å². The Balaban J connectivity index is 1.49. The molecule has 2 aliphatic rings. The number of piperidine rings is 1. The van der Waals surface area contributed by atoms with E-state index in [0.29, 0.717) is 66.6 Å². The number of hydrogen-bond donors (Lipinski definition) is 1. The second-order valence-corrected chi connectivity index (χ2v) is 8.22. The number of carbonyl (C=O) groups excluding carboxylic acids is 1. The van der Waals surface area contributed by atoms with E-state index in [9.17, 15) is 4.79 Å². The highest BCUT2D eigenvalue weighted by Crippen LogP contribution is 2.30. The molecule has 0 aliphatic carbocycles. The molecular formula is C23H28N6O5. The molecule has 34 heavy (non-hydrogen) atoms. The molecule has 0 spiro atoms. The van der Waals surface area contributed by atoms with Crippen molar-refractivity contribution in [2.24, 2.45) is 0 Å². The molecule has 0 unspecified atom stereocenters. The standard InChI is InChI=1S/C23H28N6O5/c1-31-15-6-8-28(9-7-15)21-16(22(30)25-18-4-3-5-19(24-18)32-2)14-17-20(26-21)27-23(34-17)29-10-12-33-13-11-29/h3-5,14-15H,6-13H2,1-2H3,(H,24,25,30). The quantitative estimate of drug-likeness (QED) is 0.578. The lowest BCUT2D eigenvalue weighted by molar-refractivity contribution is 0.0817. The Hall–Kier alpha value is -3.44. The molecule has 1 amide bonds. The fourth-order valence-corrected chi connectivity index (χ4v) is 4.23. The number of carbonyl (C=O) groups is 1. The van der Waals surface area contributed by atoms with Crippen molar-refractivity contribution in [2.45, 2.75) is 18.9 Å². The van der Waals surface area contributed by atoms with Crippen molar-refractivity contribution < 1.29 is 23.4 Å². The van der Waals surface area contributed by atoms with Crippen molar-refractivity contribution in [2.75, 3.05) is 68.7 Å². The van der Waals surface area contributed by atoms with E-state index in [4.69, 9.17) is 23.6 Å². The molecule has 0 radical (unpaired) electrons. The molecule has 2 saturated heterocycles. The van der Waals surface area contributed by atoms with Gasteiger partial charge in [0.1, 0.15) is 11.6 Å². The molecule has 5 rings (SSSR count). The van der Waals surface area contributed by atoms with Gasteiger partial charge < -0.3 is 33.7 Å². The minimum Gasteiger partial charge on any atom is -0.481 e. The van der Waals surface area contributed by atoms with Gasteiger partial charge in [0.25, 0.3) is 11.9 Å². The van der Waals surface area contributed by atoms with Crippen LogP contribution in [0, 0.1) is 0 Å². The lowest BCUT2D eigenvalue weighted by Crippen LogP contribution is -2.38. The van der Waals surface area contributed by atoms with Crippen LogP contribution in [-0.2, 0) is 9.47 Å². The number of rotatable bonds is 6. The summed E-state index contributed by atoms with van der Waals surface area (Å²) in [6.07, 6.45) is 1.91. The molecule has 180 valence electrons. The molecule has 11 heteroatoms. The number of ether oxygens (including phenoxy) is 3. The Labute approximate surface area is 197 Å². The van der Waals surface area contributed by atoms with Gasteiger partial charge in [0.2, 0.25) is 11.5 Å². The van der Waals surface area contributed by atoms with Gasteiger partial charge in [-0.25, -0.2) is 4.98 Å². The van der Waals surface area contributed by atoms with Crippen molar-refractivity contribution in [3.8, 4) is 5.88 Å². The molecule has 0 atom stereocenters. The molecule has 2 aliphatic heterocycles. The Kier molecular flexibility index (Phi) is 6.45. The van der Waals surface area contributed by atoms with Gasteiger partial charge in [0, 0.05) is 45.4 Å². The summed E-state index contributed by atoms with van der Waals surface area (Å²) >= 11 is 0. The van der Waals surface area contributed by atoms with E-state index in [0.717, 1.165) is 25.9 Å². The first kappa shape index (κ1) is 22.4. The molecule has 0 saturated carbocycles. The number of fused-ring (bicyclic) bond motifs is 1. The maximum absolute atomic E-state index is 13.4. The lowest BCUT2D eigenvalue weighted by Gasteiger charge is -2.32. The van der Waals surface area contributed by atoms with E-state index in [2.05, 4.69) is 20.2 Å². The van der Waals surface area contributed by atoms with Crippen molar-refractivity contribution in [1.82, 2.24) is 15.0 Å². The van der Waals surface area contributed by atoms with E-state index in [1.165, 1.54) is 7.11 Å². The first-order valence-corrected chi connectivity index (χ1v) is 11.4. The van der Waals surface area contributed by atoms with Crippen LogP contribution in [0.5, 0.6) is 5.88 Å². The molecule has 5 heterocycles. The number of amides is 1. The third-order valence-electron chi connectivity index (χ3n) is 6.13. The summed E-state index contributed by atoms with van der Waals surface area (Å²) in [5.41, 5.74) is 1.33. The Bertz CT molecular complexity index is 1150. The third kappa shape index (κ3) is 4.62. The highest BCUT2D eigenvalue weighted by Gasteiger charge is 2.27. The molecule has 11 nitrogen and oxygen atoms in total. The van der Waals surface area contributed by atoms with Crippen molar-refractivity contribution in [3.05, 3.63) is 29.8 Å². The van der Waals surface area contributed by atoms with Gasteiger partial charge in [-0.2, -0.15) is 9.97 Å². The monoisotopic (exact) mass is 468 g/mol. The van der Waals surface area contributed by atoms with Crippen LogP contribution in [0.2, 0.25) is 0 Å². The average Bonchev–Trinajstić information content (AvgIpc) is 3.32. The molecule has 2 fully saturated rings. The largest absolute Gasteiger partial charge is 0.481 e. The summed E-state index contributed by atoms with van der Waals surface area (Å²) in [7, 11) is 3.26. The fraction of sp³-hybridized carbons (Fsp3) is 0.478. The third-order valence-corrected chi connectivity index (χ3v) is 6.13. The van der Waals surface area contributed by atoms with Gasteiger partial charge in [-0.3, -0.25) is 4.79 Å². The van der Waals surface area contributed by atoms with Crippen LogP contribution in [0.4, 0.5) is 17.7 Å². The molecule has 3 aromatic heterocycles. The van der Waals surface area contributed by atoms with Crippen LogP contribution in [-0.4, -0.2) is 80.6 Å². The maximum atomic E-state index is 13.4. The van der Waals surface area contributed by atoms with Crippen molar-refractivity contribution >= 4 is 34.8 Å².